The molecule has 32 heavy (non-hydrogen) atoms. The lowest BCUT2D eigenvalue weighted by Gasteiger charge is -2.61. The van der Waals surface area contributed by atoms with Gasteiger partial charge in [0.1, 0.15) is 5.78 Å². The monoisotopic (exact) mass is 444 g/mol. The zero-order valence-electron chi connectivity index (χ0n) is 21.0. The molecule has 4 aliphatic rings. The Morgan fingerprint density at radius 1 is 1.06 bits per heavy atom. The Bertz CT molecular complexity index is 814. The van der Waals surface area contributed by atoms with Crippen LogP contribution in [0.15, 0.2) is 11.6 Å². The molecule has 3 saturated carbocycles. The number of ketones is 2. The number of allylic oxidation sites excluding steroid dienone is 1. The van der Waals surface area contributed by atoms with Gasteiger partial charge in [0.15, 0.2) is 5.78 Å². The van der Waals surface area contributed by atoms with Gasteiger partial charge >= 0.3 is 0 Å². The molecule has 3 fully saturated rings. The van der Waals surface area contributed by atoms with Crippen LogP contribution >= 0.6 is 0 Å². The van der Waals surface area contributed by atoms with Crippen molar-refractivity contribution >= 4 is 11.6 Å². The van der Waals surface area contributed by atoms with Gasteiger partial charge in [-0.1, -0.05) is 41.5 Å². The molecule has 0 saturated heterocycles. The lowest BCUT2D eigenvalue weighted by atomic mass is 9.45. The smallest absolute Gasteiger partial charge is 0.159 e. The van der Waals surface area contributed by atoms with Gasteiger partial charge in [-0.2, -0.15) is 0 Å². The van der Waals surface area contributed by atoms with Crippen molar-refractivity contribution in [3.8, 4) is 0 Å². The normalized spacial score (nSPS) is 45.5. The van der Waals surface area contributed by atoms with Crippen LogP contribution in [-0.2, 0) is 9.59 Å². The Hall–Kier alpha value is -1.00. The number of rotatable bonds is 5. The van der Waals surface area contributed by atoms with E-state index in [-0.39, 0.29) is 29.0 Å². The molecular formula is C28H44O4. The first-order valence-electron chi connectivity index (χ1n) is 13.0. The molecule has 0 aliphatic heterocycles. The predicted molar refractivity (Wildman–Crippen MR) is 126 cm³/mol. The Morgan fingerprint density at radius 2 is 1.75 bits per heavy atom. The van der Waals surface area contributed by atoms with E-state index in [1.807, 2.05) is 0 Å². The number of fused-ring (bicyclic) bond motifs is 5. The average Bonchev–Trinajstić information content (AvgIpc) is 3.08. The van der Waals surface area contributed by atoms with Crippen LogP contribution in [0.2, 0.25) is 0 Å². The van der Waals surface area contributed by atoms with Crippen LogP contribution in [0.5, 0.6) is 0 Å². The van der Waals surface area contributed by atoms with Gasteiger partial charge in [-0.3, -0.25) is 9.59 Å². The first-order chi connectivity index (χ1) is 14.8. The standard InChI is InChI=1S/C28H44O4/c1-16(2)18(4)24(30)13-17(3)20-7-8-21-22-15-25(31)23-14-19(29)9-10-27(23,6)28(22,32)12-11-26(20,21)5/h15-21,23,29,32H,7-14H2,1-6H3/t17-,18+,19+,20-,21+,23-,26-,27+,28-/m0/s1. The van der Waals surface area contributed by atoms with E-state index in [1.165, 1.54) is 0 Å². The second kappa shape index (κ2) is 8.05. The maximum atomic E-state index is 13.2. The fourth-order valence-corrected chi connectivity index (χ4v) is 8.27. The van der Waals surface area contributed by atoms with Crippen molar-refractivity contribution in [2.24, 2.45) is 46.3 Å². The molecule has 0 heterocycles. The number of hydrogen-bond acceptors (Lipinski definition) is 4. The van der Waals surface area contributed by atoms with Gasteiger partial charge in [0.25, 0.3) is 0 Å². The fourth-order valence-electron chi connectivity index (χ4n) is 8.27. The summed E-state index contributed by atoms with van der Waals surface area (Å²) in [7, 11) is 0. The number of carbonyl (C=O) groups excluding carboxylic acids is 2. The molecule has 0 aromatic carbocycles. The third-order valence-corrected chi connectivity index (χ3v) is 10.9. The van der Waals surface area contributed by atoms with Crippen LogP contribution < -0.4 is 0 Å². The SMILES string of the molecule is CC(C)[C@@H](C)C(=O)C[C@H](C)[C@@H]1CC[C@@H]2C3=CC(=O)[C@@H]4C[C@H](O)CC[C@@]4(C)[C@]3(O)CC[C@]21C. The van der Waals surface area contributed by atoms with Gasteiger partial charge in [0.2, 0.25) is 0 Å². The summed E-state index contributed by atoms with van der Waals surface area (Å²) in [5.41, 5.74) is -0.434. The molecule has 9 atom stereocenters. The molecule has 0 radical (unpaired) electrons. The van der Waals surface area contributed by atoms with E-state index in [2.05, 4.69) is 41.5 Å². The van der Waals surface area contributed by atoms with Crippen molar-refractivity contribution in [1.82, 2.24) is 0 Å². The third kappa shape index (κ3) is 3.38. The summed E-state index contributed by atoms with van der Waals surface area (Å²) in [6.07, 6.45) is 7.48. The van der Waals surface area contributed by atoms with E-state index in [9.17, 15) is 19.8 Å². The molecule has 0 spiro atoms. The summed E-state index contributed by atoms with van der Waals surface area (Å²) in [4.78, 5) is 26.1. The maximum Gasteiger partial charge on any atom is 0.159 e. The molecule has 0 aromatic rings. The summed E-state index contributed by atoms with van der Waals surface area (Å²) in [6.45, 7) is 13.0. The molecule has 4 rings (SSSR count). The highest BCUT2D eigenvalue weighted by Crippen LogP contribution is 2.67. The van der Waals surface area contributed by atoms with Crippen molar-refractivity contribution in [3.05, 3.63) is 11.6 Å². The minimum Gasteiger partial charge on any atom is -0.393 e. The van der Waals surface area contributed by atoms with Gasteiger partial charge in [-0.05, 0) is 85.7 Å². The minimum absolute atomic E-state index is 0.0243. The van der Waals surface area contributed by atoms with Crippen LogP contribution in [0.1, 0.15) is 92.9 Å². The van der Waals surface area contributed by atoms with E-state index >= 15 is 0 Å². The number of Topliss-reactive ketones (excluding diaryl/α,β-unsaturated/α-hetero) is 1. The predicted octanol–water partition coefficient (Wildman–Crippen LogP) is 5.11. The first kappa shape index (κ1) is 24.1. The van der Waals surface area contributed by atoms with Crippen LogP contribution in [0, 0.1) is 46.3 Å². The summed E-state index contributed by atoms with van der Waals surface area (Å²) in [5.74, 6) is 1.62. The van der Waals surface area contributed by atoms with Crippen molar-refractivity contribution < 1.29 is 19.8 Å². The summed E-state index contributed by atoms with van der Waals surface area (Å²) in [6, 6.07) is 0. The Labute approximate surface area is 194 Å². The van der Waals surface area contributed by atoms with Crippen molar-refractivity contribution in [2.75, 3.05) is 0 Å². The average molecular weight is 445 g/mol. The van der Waals surface area contributed by atoms with Crippen LogP contribution in [0.4, 0.5) is 0 Å². The van der Waals surface area contributed by atoms with Gasteiger partial charge < -0.3 is 10.2 Å². The molecule has 0 unspecified atom stereocenters. The fraction of sp³-hybridized carbons (Fsp3) is 0.857. The highest BCUT2D eigenvalue weighted by Gasteiger charge is 2.66. The molecule has 2 N–H and O–H groups in total. The first-order valence-corrected chi connectivity index (χ1v) is 13.0. The zero-order chi connectivity index (χ0) is 23.6. The lowest BCUT2D eigenvalue weighted by molar-refractivity contribution is -0.166. The summed E-state index contributed by atoms with van der Waals surface area (Å²) in [5, 5.41) is 22.4. The Balaban J connectivity index is 1.61. The van der Waals surface area contributed by atoms with Crippen molar-refractivity contribution in [2.45, 2.75) is 105 Å². The van der Waals surface area contributed by atoms with Crippen molar-refractivity contribution in [3.63, 3.8) is 0 Å². The number of aliphatic hydroxyl groups excluding tert-OH is 1. The van der Waals surface area contributed by atoms with Crippen LogP contribution in [-0.4, -0.2) is 33.5 Å². The summed E-state index contributed by atoms with van der Waals surface area (Å²) < 4.78 is 0. The molecule has 4 heteroatoms. The van der Waals surface area contributed by atoms with Gasteiger partial charge in [-0.15, -0.1) is 0 Å². The Morgan fingerprint density at radius 3 is 2.41 bits per heavy atom. The quantitative estimate of drug-likeness (QED) is 0.618. The third-order valence-electron chi connectivity index (χ3n) is 10.9. The number of aliphatic hydroxyl groups is 2. The highest BCUT2D eigenvalue weighted by molar-refractivity contribution is 5.95. The van der Waals surface area contributed by atoms with Crippen molar-refractivity contribution in [1.29, 1.82) is 0 Å². The largest absolute Gasteiger partial charge is 0.393 e. The number of carbonyl (C=O) groups is 2. The van der Waals surface area contributed by atoms with Gasteiger partial charge in [0.05, 0.1) is 11.7 Å². The van der Waals surface area contributed by atoms with E-state index in [0.717, 1.165) is 24.8 Å². The molecule has 0 amide bonds. The highest BCUT2D eigenvalue weighted by atomic mass is 16.3. The van der Waals surface area contributed by atoms with Crippen LogP contribution in [0.25, 0.3) is 0 Å². The second-order valence-electron chi connectivity index (χ2n) is 12.7. The second-order valence-corrected chi connectivity index (χ2v) is 12.7. The molecular weight excluding hydrogens is 400 g/mol. The Kier molecular flexibility index (Phi) is 6.07. The van der Waals surface area contributed by atoms with Gasteiger partial charge in [-0.25, -0.2) is 0 Å². The van der Waals surface area contributed by atoms with E-state index in [4.69, 9.17) is 0 Å². The summed E-state index contributed by atoms with van der Waals surface area (Å²) >= 11 is 0. The molecule has 0 aromatic heterocycles. The van der Waals surface area contributed by atoms with E-state index in [0.29, 0.717) is 55.6 Å². The molecule has 0 bridgehead atoms. The topological polar surface area (TPSA) is 74.6 Å². The molecule has 180 valence electrons. The zero-order valence-corrected chi connectivity index (χ0v) is 21.0. The van der Waals surface area contributed by atoms with Gasteiger partial charge in [0, 0.05) is 23.7 Å². The maximum absolute atomic E-state index is 13.2. The molecule has 4 nitrogen and oxygen atoms in total. The van der Waals surface area contributed by atoms with Crippen LogP contribution in [0.3, 0.4) is 0 Å². The lowest BCUT2D eigenvalue weighted by Crippen LogP contribution is -2.63. The van der Waals surface area contributed by atoms with E-state index < -0.39 is 17.1 Å². The molecule has 4 aliphatic carbocycles. The number of hydrogen-bond donors (Lipinski definition) is 2. The minimum atomic E-state index is -0.948. The van der Waals surface area contributed by atoms with E-state index in [1.54, 1.807) is 6.08 Å².